The second kappa shape index (κ2) is 7.90. The number of carbonyl (C=O) groups is 1. The first-order valence-electron chi connectivity index (χ1n) is 7.81. The quantitative estimate of drug-likeness (QED) is 0.795. The Morgan fingerprint density at radius 3 is 2.71 bits per heavy atom. The number of anilines is 1. The number of amides is 2. The molecule has 0 spiro atoms. The van der Waals surface area contributed by atoms with Crippen molar-refractivity contribution in [1.29, 1.82) is 0 Å². The molecule has 2 aromatic rings. The maximum Gasteiger partial charge on any atom is 0.321 e. The minimum atomic E-state index is -0.427. The molecule has 3 rings (SSSR count). The van der Waals surface area contributed by atoms with Crippen molar-refractivity contribution < 1.29 is 9.18 Å². The highest BCUT2D eigenvalue weighted by molar-refractivity contribution is 7.99. The van der Waals surface area contributed by atoms with Crippen molar-refractivity contribution in [1.82, 2.24) is 4.90 Å². The molecular weight excluding hydrogens is 347 g/mol. The van der Waals surface area contributed by atoms with Gasteiger partial charge < -0.3 is 10.2 Å². The van der Waals surface area contributed by atoms with E-state index in [0.29, 0.717) is 13.1 Å². The topological polar surface area (TPSA) is 32.3 Å². The number of urea groups is 1. The molecule has 1 heterocycles. The standard InChI is InChI=1S/C18H18ClFN2OS/c19-14-6-2-1-5-13(14)17-9-10-22(11-12-24-17)18(23)21-16-8-4-3-7-15(16)20/h1-8,17H,9-12H2,(H,21,23). The molecule has 2 amide bonds. The Balaban J connectivity index is 1.64. The van der Waals surface area contributed by atoms with Crippen molar-refractivity contribution in [3.8, 4) is 0 Å². The van der Waals surface area contributed by atoms with E-state index in [2.05, 4.69) is 5.32 Å². The van der Waals surface area contributed by atoms with Gasteiger partial charge in [-0.25, -0.2) is 9.18 Å². The van der Waals surface area contributed by atoms with Crippen LogP contribution in [0.2, 0.25) is 5.02 Å². The number of para-hydroxylation sites is 1. The van der Waals surface area contributed by atoms with E-state index in [4.69, 9.17) is 11.6 Å². The van der Waals surface area contributed by atoms with E-state index in [9.17, 15) is 9.18 Å². The summed E-state index contributed by atoms with van der Waals surface area (Å²) in [4.78, 5) is 14.1. The summed E-state index contributed by atoms with van der Waals surface area (Å²) >= 11 is 8.09. The molecule has 0 saturated carbocycles. The van der Waals surface area contributed by atoms with Gasteiger partial charge in [0, 0.05) is 29.1 Å². The van der Waals surface area contributed by atoms with Gasteiger partial charge in [0.2, 0.25) is 0 Å². The van der Waals surface area contributed by atoms with Crippen molar-refractivity contribution in [2.45, 2.75) is 11.7 Å². The molecule has 1 aliphatic rings. The van der Waals surface area contributed by atoms with Crippen LogP contribution in [-0.2, 0) is 0 Å². The Bertz CT molecular complexity index is 728. The predicted octanol–water partition coefficient (Wildman–Crippen LogP) is 5.19. The molecule has 6 heteroatoms. The van der Waals surface area contributed by atoms with E-state index in [1.807, 2.05) is 24.3 Å². The number of hydrogen-bond donors (Lipinski definition) is 1. The Kier molecular flexibility index (Phi) is 5.63. The van der Waals surface area contributed by atoms with Crippen molar-refractivity contribution in [2.24, 2.45) is 0 Å². The lowest BCUT2D eigenvalue weighted by atomic mass is 10.1. The highest BCUT2D eigenvalue weighted by atomic mass is 35.5. The van der Waals surface area contributed by atoms with Gasteiger partial charge in [-0.1, -0.05) is 41.9 Å². The van der Waals surface area contributed by atoms with Gasteiger partial charge in [-0.2, -0.15) is 11.8 Å². The van der Waals surface area contributed by atoms with Gasteiger partial charge in [0.25, 0.3) is 0 Å². The fourth-order valence-electron chi connectivity index (χ4n) is 2.71. The number of benzene rings is 2. The molecule has 1 N–H and O–H groups in total. The average Bonchev–Trinajstić information content (AvgIpc) is 2.83. The minimum Gasteiger partial charge on any atom is -0.324 e. The largest absolute Gasteiger partial charge is 0.324 e. The number of rotatable bonds is 2. The molecule has 1 fully saturated rings. The van der Waals surface area contributed by atoms with Gasteiger partial charge >= 0.3 is 6.03 Å². The number of carbonyl (C=O) groups excluding carboxylic acids is 1. The zero-order chi connectivity index (χ0) is 16.9. The van der Waals surface area contributed by atoms with Gasteiger partial charge in [0.15, 0.2) is 0 Å². The molecular formula is C18H18ClFN2OS. The van der Waals surface area contributed by atoms with Gasteiger partial charge in [-0.05, 0) is 30.2 Å². The van der Waals surface area contributed by atoms with E-state index in [-0.39, 0.29) is 17.0 Å². The Morgan fingerprint density at radius 2 is 1.92 bits per heavy atom. The first-order chi connectivity index (χ1) is 11.6. The van der Waals surface area contributed by atoms with Crippen LogP contribution in [0.1, 0.15) is 17.2 Å². The summed E-state index contributed by atoms with van der Waals surface area (Å²) in [5, 5.41) is 3.68. The van der Waals surface area contributed by atoms with Gasteiger partial charge in [0.05, 0.1) is 5.69 Å². The zero-order valence-electron chi connectivity index (χ0n) is 13.0. The predicted molar refractivity (Wildman–Crippen MR) is 98.3 cm³/mol. The number of hydrogen-bond acceptors (Lipinski definition) is 2. The molecule has 1 aliphatic heterocycles. The van der Waals surface area contributed by atoms with Crippen LogP contribution in [0.5, 0.6) is 0 Å². The average molecular weight is 365 g/mol. The third-order valence-electron chi connectivity index (χ3n) is 4.00. The maximum absolute atomic E-state index is 13.7. The van der Waals surface area contributed by atoms with Crippen LogP contribution in [0.25, 0.3) is 0 Å². The summed E-state index contributed by atoms with van der Waals surface area (Å²) in [5.74, 6) is 0.393. The molecule has 0 aliphatic carbocycles. The summed E-state index contributed by atoms with van der Waals surface area (Å²) in [5.41, 5.74) is 1.32. The molecule has 2 aromatic carbocycles. The van der Waals surface area contributed by atoms with E-state index < -0.39 is 5.82 Å². The number of nitrogens with zero attached hydrogens (tertiary/aromatic N) is 1. The summed E-state index contributed by atoms with van der Waals surface area (Å²) in [6, 6.07) is 13.8. The molecule has 1 unspecified atom stereocenters. The van der Waals surface area contributed by atoms with Crippen LogP contribution < -0.4 is 5.32 Å². The normalized spacial score (nSPS) is 18.1. The van der Waals surface area contributed by atoms with Gasteiger partial charge in [-0.3, -0.25) is 0 Å². The second-order valence-corrected chi connectivity index (χ2v) is 7.28. The van der Waals surface area contributed by atoms with Crippen LogP contribution in [0.3, 0.4) is 0 Å². The van der Waals surface area contributed by atoms with Crippen molar-refractivity contribution in [3.05, 3.63) is 64.9 Å². The zero-order valence-corrected chi connectivity index (χ0v) is 14.6. The van der Waals surface area contributed by atoms with Crippen LogP contribution >= 0.6 is 23.4 Å². The SMILES string of the molecule is O=C(Nc1ccccc1F)N1CCSC(c2ccccc2Cl)CC1. The fourth-order valence-corrected chi connectivity index (χ4v) is 4.31. The summed E-state index contributed by atoms with van der Waals surface area (Å²) in [6.07, 6.45) is 0.819. The molecule has 126 valence electrons. The van der Waals surface area contributed by atoms with Gasteiger partial charge in [0.1, 0.15) is 5.82 Å². The van der Waals surface area contributed by atoms with Crippen LogP contribution in [-0.4, -0.2) is 29.8 Å². The Hall–Kier alpha value is -1.72. The summed E-state index contributed by atoms with van der Waals surface area (Å²) < 4.78 is 13.7. The number of thioether (sulfide) groups is 1. The minimum absolute atomic E-state index is 0.210. The van der Waals surface area contributed by atoms with Crippen molar-refractivity contribution in [3.63, 3.8) is 0 Å². The summed E-state index contributed by atoms with van der Waals surface area (Å²) in [7, 11) is 0. The fraction of sp³-hybridized carbons (Fsp3) is 0.278. The van der Waals surface area contributed by atoms with E-state index >= 15 is 0 Å². The highest BCUT2D eigenvalue weighted by Gasteiger charge is 2.23. The van der Waals surface area contributed by atoms with Gasteiger partial charge in [-0.15, -0.1) is 0 Å². The molecule has 1 atom stereocenters. The Labute approximate surface area is 150 Å². The van der Waals surface area contributed by atoms with E-state index in [1.54, 1.807) is 34.9 Å². The lowest BCUT2D eigenvalue weighted by Gasteiger charge is -2.21. The third kappa shape index (κ3) is 4.02. The van der Waals surface area contributed by atoms with Crippen LogP contribution in [0, 0.1) is 5.82 Å². The first kappa shape index (κ1) is 17.1. The Morgan fingerprint density at radius 1 is 1.17 bits per heavy atom. The molecule has 0 bridgehead atoms. The number of nitrogens with one attached hydrogen (secondary N) is 1. The van der Waals surface area contributed by atoms with Crippen molar-refractivity contribution >= 4 is 35.1 Å². The first-order valence-corrected chi connectivity index (χ1v) is 9.24. The monoisotopic (exact) mass is 364 g/mol. The molecule has 0 aromatic heterocycles. The molecule has 1 saturated heterocycles. The second-order valence-electron chi connectivity index (χ2n) is 5.57. The third-order valence-corrected chi connectivity index (χ3v) is 5.65. The van der Waals surface area contributed by atoms with E-state index in [1.165, 1.54) is 6.07 Å². The molecule has 0 radical (unpaired) electrons. The molecule has 3 nitrogen and oxygen atoms in total. The van der Waals surface area contributed by atoms with Crippen molar-refractivity contribution in [2.75, 3.05) is 24.2 Å². The lowest BCUT2D eigenvalue weighted by molar-refractivity contribution is 0.215. The van der Waals surface area contributed by atoms with E-state index in [0.717, 1.165) is 22.8 Å². The number of halogens is 2. The van der Waals surface area contributed by atoms with Crippen LogP contribution in [0.15, 0.2) is 48.5 Å². The maximum atomic E-state index is 13.7. The lowest BCUT2D eigenvalue weighted by Crippen LogP contribution is -2.36. The highest BCUT2D eigenvalue weighted by Crippen LogP contribution is 2.37. The summed E-state index contributed by atoms with van der Waals surface area (Å²) in [6.45, 7) is 1.25. The van der Waals surface area contributed by atoms with Crippen LogP contribution in [0.4, 0.5) is 14.9 Å². The molecule has 24 heavy (non-hydrogen) atoms. The smallest absolute Gasteiger partial charge is 0.321 e.